The highest BCUT2D eigenvalue weighted by atomic mass is 32.1. The van der Waals surface area contributed by atoms with Crippen molar-refractivity contribution in [2.75, 3.05) is 42.1 Å². The Morgan fingerprint density at radius 1 is 1.07 bits per heavy atom. The van der Waals surface area contributed by atoms with Gasteiger partial charge in [0.2, 0.25) is 0 Å². The zero-order valence-corrected chi connectivity index (χ0v) is 15.8. The standard InChI is InChI=1S/C21H22N4OS/c22-18-8-5-16(20-2-1-13-27-20)14-19(18)24-21(26)15-3-6-17(7-4-15)25-11-9-23-10-12-25/h1-8,13-14,23H,9-12,22H2,(H,24,26). The Morgan fingerprint density at radius 2 is 1.85 bits per heavy atom. The number of nitrogens with two attached hydrogens (primary N) is 1. The Hall–Kier alpha value is -2.83. The van der Waals surface area contributed by atoms with Crippen molar-refractivity contribution in [1.82, 2.24) is 5.32 Å². The molecule has 4 N–H and O–H groups in total. The smallest absolute Gasteiger partial charge is 0.255 e. The van der Waals surface area contributed by atoms with Crippen LogP contribution in [0.15, 0.2) is 60.0 Å². The van der Waals surface area contributed by atoms with Crippen molar-refractivity contribution in [3.63, 3.8) is 0 Å². The number of carbonyl (C=O) groups excluding carboxylic acids is 1. The first kappa shape index (κ1) is 17.6. The predicted molar refractivity (Wildman–Crippen MR) is 114 cm³/mol. The Kier molecular flexibility index (Phi) is 5.09. The van der Waals surface area contributed by atoms with Gasteiger partial charge in [0.25, 0.3) is 5.91 Å². The third kappa shape index (κ3) is 3.97. The van der Waals surface area contributed by atoms with Crippen LogP contribution in [0, 0.1) is 0 Å². The maximum atomic E-state index is 12.7. The summed E-state index contributed by atoms with van der Waals surface area (Å²) in [6.45, 7) is 3.94. The minimum atomic E-state index is -0.156. The Bertz CT molecular complexity index is 916. The SMILES string of the molecule is Nc1ccc(-c2cccs2)cc1NC(=O)c1ccc(N2CCNCC2)cc1. The number of carbonyl (C=O) groups is 1. The van der Waals surface area contributed by atoms with Gasteiger partial charge in [0.1, 0.15) is 0 Å². The van der Waals surface area contributed by atoms with E-state index in [0.717, 1.165) is 42.3 Å². The van der Waals surface area contributed by atoms with E-state index < -0.39 is 0 Å². The lowest BCUT2D eigenvalue weighted by atomic mass is 10.1. The Balaban J connectivity index is 1.49. The molecule has 2 aromatic carbocycles. The summed E-state index contributed by atoms with van der Waals surface area (Å²) in [4.78, 5) is 16.1. The fourth-order valence-corrected chi connectivity index (χ4v) is 3.93. The number of amides is 1. The molecule has 0 atom stereocenters. The fourth-order valence-electron chi connectivity index (χ4n) is 3.20. The highest BCUT2D eigenvalue weighted by molar-refractivity contribution is 7.13. The van der Waals surface area contributed by atoms with Crippen LogP contribution >= 0.6 is 11.3 Å². The van der Waals surface area contributed by atoms with Crippen LogP contribution in [0.5, 0.6) is 0 Å². The van der Waals surface area contributed by atoms with Crippen LogP contribution in [0.4, 0.5) is 17.1 Å². The molecule has 1 amide bonds. The Labute approximate surface area is 162 Å². The largest absolute Gasteiger partial charge is 0.397 e. The Morgan fingerprint density at radius 3 is 2.56 bits per heavy atom. The van der Waals surface area contributed by atoms with Crippen molar-refractivity contribution in [3.8, 4) is 10.4 Å². The molecule has 0 bridgehead atoms. The van der Waals surface area contributed by atoms with Crippen molar-refractivity contribution in [2.24, 2.45) is 0 Å². The van der Waals surface area contributed by atoms with Crippen LogP contribution < -0.4 is 21.3 Å². The molecule has 6 heteroatoms. The van der Waals surface area contributed by atoms with E-state index in [0.29, 0.717) is 16.9 Å². The van der Waals surface area contributed by atoms with Crippen molar-refractivity contribution in [3.05, 3.63) is 65.5 Å². The van der Waals surface area contributed by atoms with Gasteiger partial charge in [-0.15, -0.1) is 11.3 Å². The minimum Gasteiger partial charge on any atom is -0.397 e. The number of benzene rings is 2. The molecule has 0 radical (unpaired) electrons. The second kappa shape index (κ2) is 7.82. The normalized spacial score (nSPS) is 14.1. The van der Waals surface area contributed by atoms with Gasteiger partial charge in [-0.3, -0.25) is 4.79 Å². The van der Waals surface area contributed by atoms with E-state index in [1.807, 2.05) is 53.9 Å². The van der Waals surface area contributed by atoms with Crippen molar-refractivity contribution < 1.29 is 4.79 Å². The van der Waals surface area contributed by atoms with E-state index in [1.54, 1.807) is 11.3 Å². The maximum absolute atomic E-state index is 12.7. The molecular weight excluding hydrogens is 356 g/mol. The summed E-state index contributed by atoms with van der Waals surface area (Å²) >= 11 is 1.66. The zero-order chi connectivity index (χ0) is 18.6. The number of anilines is 3. The summed E-state index contributed by atoms with van der Waals surface area (Å²) in [6.07, 6.45) is 0. The van der Waals surface area contributed by atoms with Gasteiger partial charge in [0.05, 0.1) is 11.4 Å². The summed E-state index contributed by atoms with van der Waals surface area (Å²) in [7, 11) is 0. The lowest BCUT2D eigenvalue weighted by Gasteiger charge is -2.29. The lowest BCUT2D eigenvalue weighted by molar-refractivity contribution is 0.102. The molecule has 27 heavy (non-hydrogen) atoms. The average molecular weight is 379 g/mol. The van der Waals surface area contributed by atoms with E-state index in [-0.39, 0.29) is 5.91 Å². The molecule has 5 nitrogen and oxygen atoms in total. The molecule has 1 aromatic heterocycles. The lowest BCUT2D eigenvalue weighted by Crippen LogP contribution is -2.43. The van der Waals surface area contributed by atoms with Gasteiger partial charge >= 0.3 is 0 Å². The first-order valence-electron chi connectivity index (χ1n) is 9.01. The zero-order valence-electron chi connectivity index (χ0n) is 14.9. The first-order valence-corrected chi connectivity index (χ1v) is 9.89. The third-order valence-corrected chi connectivity index (χ3v) is 5.64. The van der Waals surface area contributed by atoms with Gasteiger partial charge in [-0.2, -0.15) is 0 Å². The van der Waals surface area contributed by atoms with E-state index in [2.05, 4.69) is 21.6 Å². The van der Waals surface area contributed by atoms with Gasteiger partial charge in [-0.05, 0) is 53.4 Å². The van der Waals surface area contributed by atoms with Crippen LogP contribution in [-0.4, -0.2) is 32.1 Å². The second-order valence-electron chi connectivity index (χ2n) is 6.52. The third-order valence-electron chi connectivity index (χ3n) is 4.72. The van der Waals surface area contributed by atoms with Crippen LogP contribution in [0.1, 0.15) is 10.4 Å². The molecule has 2 heterocycles. The molecule has 0 aliphatic carbocycles. The second-order valence-corrected chi connectivity index (χ2v) is 7.47. The quantitative estimate of drug-likeness (QED) is 0.606. The number of nitrogens with zero attached hydrogens (tertiary/aromatic N) is 1. The van der Waals surface area contributed by atoms with Gasteiger partial charge in [-0.25, -0.2) is 0 Å². The first-order chi connectivity index (χ1) is 13.2. The molecule has 138 valence electrons. The molecule has 3 aromatic rings. The number of piperazine rings is 1. The molecular formula is C21H22N4OS. The summed E-state index contributed by atoms with van der Waals surface area (Å²) < 4.78 is 0. The average Bonchev–Trinajstić information content (AvgIpc) is 3.25. The van der Waals surface area contributed by atoms with Gasteiger partial charge in [0.15, 0.2) is 0 Å². The number of hydrogen-bond donors (Lipinski definition) is 3. The minimum absolute atomic E-state index is 0.156. The summed E-state index contributed by atoms with van der Waals surface area (Å²) in [6, 6.07) is 17.5. The van der Waals surface area contributed by atoms with E-state index >= 15 is 0 Å². The van der Waals surface area contributed by atoms with E-state index in [9.17, 15) is 4.79 Å². The van der Waals surface area contributed by atoms with Crippen LogP contribution in [0.25, 0.3) is 10.4 Å². The highest BCUT2D eigenvalue weighted by Gasteiger charge is 2.13. The van der Waals surface area contributed by atoms with Crippen molar-refractivity contribution in [1.29, 1.82) is 0 Å². The number of rotatable bonds is 4. The molecule has 1 aliphatic rings. The molecule has 0 saturated carbocycles. The number of nitrogen functional groups attached to an aromatic ring is 1. The molecule has 1 fully saturated rings. The van der Waals surface area contributed by atoms with Gasteiger partial charge in [0, 0.05) is 42.3 Å². The van der Waals surface area contributed by atoms with Crippen molar-refractivity contribution >= 4 is 34.3 Å². The van der Waals surface area contributed by atoms with Crippen LogP contribution in [0.3, 0.4) is 0 Å². The van der Waals surface area contributed by atoms with E-state index in [4.69, 9.17) is 5.73 Å². The monoisotopic (exact) mass is 378 g/mol. The number of hydrogen-bond acceptors (Lipinski definition) is 5. The molecule has 0 unspecified atom stereocenters. The molecule has 1 aliphatic heterocycles. The summed E-state index contributed by atoms with van der Waals surface area (Å²) in [5.74, 6) is -0.156. The topological polar surface area (TPSA) is 70.4 Å². The molecule has 1 saturated heterocycles. The summed E-state index contributed by atoms with van der Waals surface area (Å²) in [5.41, 5.74) is 10.1. The number of thiophene rings is 1. The van der Waals surface area contributed by atoms with Crippen LogP contribution in [0.2, 0.25) is 0 Å². The van der Waals surface area contributed by atoms with E-state index in [1.165, 1.54) is 0 Å². The molecule has 0 spiro atoms. The van der Waals surface area contributed by atoms with Gasteiger partial charge in [-0.1, -0.05) is 12.1 Å². The van der Waals surface area contributed by atoms with Gasteiger partial charge < -0.3 is 21.3 Å². The fraction of sp³-hybridized carbons (Fsp3) is 0.190. The molecule has 4 rings (SSSR count). The number of nitrogens with one attached hydrogen (secondary N) is 2. The predicted octanol–water partition coefficient (Wildman–Crippen LogP) is 3.66. The van der Waals surface area contributed by atoms with Crippen LogP contribution in [-0.2, 0) is 0 Å². The van der Waals surface area contributed by atoms with Crippen molar-refractivity contribution in [2.45, 2.75) is 0 Å². The highest BCUT2D eigenvalue weighted by Crippen LogP contribution is 2.30. The summed E-state index contributed by atoms with van der Waals surface area (Å²) in [5, 5.41) is 8.32. The maximum Gasteiger partial charge on any atom is 0.255 e.